The third-order valence-corrected chi connectivity index (χ3v) is 5.99. The van der Waals surface area contributed by atoms with Crippen LogP contribution in [0.25, 0.3) is 27.7 Å². The maximum Gasteiger partial charge on any atom is 0.391 e. The smallest absolute Gasteiger partial charge is 0.391 e. The van der Waals surface area contributed by atoms with E-state index in [1.54, 1.807) is 31.3 Å². The Balaban J connectivity index is 1.62. The summed E-state index contributed by atoms with van der Waals surface area (Å²) in [6.07, 6.45) is -1.90. The van der Waals surface area contributed by atoms with Crippen LogP contribution in [0.5, 0.6) is 5.75 Å². The second kappa shape index (κ2) is 10.1. The number of aromatic amines is 1. The van der Waals surface area contributed by atoms with Crippen LogP contribution in [0.4, 0.5) is 17.6 Å². The lowest BCUT2D eigenvalue weighted by Gasteiger charge is -2.32. The maximum atomic E-state index is 14.0. The van der Waals surface area contributed by atoms with Crippen molar-refractivity contribution in [2.75, 3.05) is 26.8 Å². The van der Waals surface area contributed by atoms with Crippen molar-refractivity contribution in [1.82, 2.24) is 14.9 Å². The van der Waals surface area contributed by atoms with Gasteiger partial charge in [0.15, 0.2) is 0 Å². The lowest BCUT2D eigenvalue weighted by Crippen LogP contribution is -2.46. The summed E-state index contributed by atoms with van der Waals surface area (Å²) < 4.78 is 63.5. The highest BCUT2D eigenvalue weighted by atomic mass is 19.4. The molecule has 1 atom stereocenters. The van der Waals surface area contributed by atoms with Gasteiger partial charge in [-0.15, -0.1) is 0 Å². The highest BCUT2D eigenvalue weighted by molar-refractivity contribution is 5.96. The average Bonchev–Trinajstić information content (AvgIpc) is 3.27. The highest BCUT2D eigenvalue weighted by Crippen LogP contribution is 2.37. The molecule has 186 valence electrons. The highest BCUT2D eigenvalue weighted by Gasteiger charge is 2.39. The summed E-state index contributed by atoms with van der Waals surface area (Å²) >= 11 is 0. The topological polar surface area (TPSA) is 67.4 Å². The molecule has 10 heteroatoms. The van der Waals surface area contributed by atoms with E-state index in [4.69, 9.17) is 9.47 Å². The fraction of sp³-hybridized carbons (Fsp3) is 0.360. The van der Waals surface area contributed by atoms with Crippen molar-refractivity contribution in [3.8, 4) is 16.9 Å². The summed E-state index contributed by atoms with van der Waals surface area (Å²) in [5.74, 6) is -0.749. The van der Waals surface area contributed by atoms with Crippen molar-refractivity contribution in [2.24, 2.45) is 0 Å². The summed E-state index contributed by atoms with van der Waals surface area (Å²) in [4.78, 5) is 21.3. The molecule has 35 heavy (non-hydrogen) atoms. The van der Waals surface area contributed by atoms with Crippen LogP contribution in [0.1, 0.15) is 25.5 Å². The third kappa shape index (κ3) is 5.48. The summed E-state index contributed by atoms with van der Waals surface area (Å²) in [7, 11) is 1.51. The zero-order valence-electron chi connectivity index (χ0n) is 19.3. The molecule has 0 saturated carbocycles. The predicted molar refractivity (Wildman–Crippen MR) is 123 cm³/mol. The molecule has 1 aliphatic rings. The number of methoxy groups -OCH3 is 1. The van der Waals surface area contributed by atoms with Crippen LogP contribution in [0.2, 0.25) is 0 Å². The average molecular weight is 491 g/mol. The number of nitrogens with one attached hydrogen (secondary N) is 1. The number of nitrogens with zero attached hydrogens (tertiary/aromatic N) is 2. The Labute approximate surface area is 199 Å². The molecule has 1 aromatic carbocycles. The molecule has 4 rings (SSSR count). The molecule has 0 bridgehead atoms. The number of hydrogen-bond donors (Lipinski definition) is 1. The third-order valence-electron chi connectivity index (χ3n) is 5.99. The Morgan fingerprint density at radius 2 is 2.03 bits per heavy atom. The molecule has 0 radical (unpaired) electrons. The lowest BCUT2D eigenvalue weighted by atomic mass is 10.00. The number of aromatic nitrogens is 2. The lowest BCUT2D eigenvalue weighted by molar-refractivity contribution is -0.170. The van der Waals surface area contributed by atoms with Gasteiger partial charge in [-0.05, 0) is 54.8 Å². The van der Waals surface area contributed by atoms with Crippen LogP contribution < -0.4 is 4.74 Å². The Bertz CT molecular complexity index is 1250. The molecular formula is C25H25F4N3O3. The van der Waals surface area contributed by atoms with E-state index >= 15 is 0 Å². The first-order chi connectivity index (χ1) is 16.7. The van der Waals surface area contributed by atoms with Crippen LogP contribution >= 0.6 is 0 Å². The first kappa shape index (κ1) is 24.7. The number of ether oxygens (including phenoxy) is 2. The van der Waals surface area contributed by atoms with Crippen LogP contribution in [-0.4, -0.2) is 59.9 Å². The van der Waals surface area contributed by atoms with Crippen LogP contribution in [0, 0.1) is 5.82 Å². The molecule has 3 aromatic rings. The van der Waals surface area contributed by atoms with E-state index in [-0.39, 0.29) is 19.7 Å². The number of benzene rings is 1. The Hall–Kier alpha value is -3.40. The molecule has 1 N–H and O–H groups in total. The van der Waals surface area contributed by atoms with Gasteiger partial charge in [0.05, 0.1) is 20.1 Å². The fourth-order valence-corrected chi connectivity index (χ4v) is 4.36. The summed E-state index contributed by atoms with van der Waals surface area (Å²) in [5.41, 5.74) is 3.57. The minimum Gasteiger partial charge on any atom is -0.496 e. The minimum atomic E-state index is -4.49. The van der Waals surface area contributed by atoms with Crippen molar-refractivity contribution < 1.29 is 31.8 Å². The molecular weight excluding hydrogens is 466 g/mol. The number of rotatable bonds is 7. The molecule has 0 fully saturated rings. The van der Waals surface area contributed by atoms with Crippen molar-refractivity contribution in [3.05, 3.63) is 54.1 Å². The normalized spacial score (nSPS) is 15.7. The van der Waals surface area contributed by atoms with Gasteiger partial charge in [-0.25, -0.2) is 9.37 Å². The molecule has 0 saturated heterocycles. The fourth-order valence-electron chi connectivity index (χ4n) is 4.36. The SMILES string of the molecule is CCOC(=O)C(CC(F)(F)F)N1CC=C(c2cc3c(-c4cc(F)ccc4OC)ccnc3[nH]2)CC1. The first-order valence-corrected chi connectivity index (χ1v) is 11.2. The molecule has 0 amide bonds. The van der Waals surface area contributed by atoms with E-state index < -0.39 is 30.4 Å². The van der Waals surface area contributed by atoms with E-state index in [2.05, 4.69) is 9.97 Å². The van der Waals surface area contributed by atoms with Gasteiger partial charge < -0.3 is 14.5 Å². The molecule has 3 heterocycles. The van der Waals surface area contributed by atoms with Gasteiger partial charge in [-0.1, -0.05) is 6.08 Å². The number of carbonyl (C=O) groups excluding carboxylic acids is 1. The standard InChI is InChI=1S/C25H25F4N3O3/c1-3-35-24(33)21(14-25(27,28)29)32-10-7-15(8-11-32)20-13-19-17(6-9-30-23(19)31-20)18-12-16(26)4-5-22(18)34-2/h4-7,9,12-13,21H,3,8,10-11,14H2,1-2H3,(H,30,31). The molecule has 1 unspecified atom stereocenters. The Morgan fingerprint density at radius 3 is 2.69 bits per heavy atom. The van der Waals surface area contributed by atoms with E-state index in [0.29, 0.717) is 23.4 Å². The largest absolute Gasteiger partial charge is 0.496 e. The van der Waals surface area contributed by atoms with E-state index in [1.807, 2.05) is 6.07 Å². The molecule has 1 aliphatic heterocycles. The predicted octanol–water partition coefficient (Wildman–Crippen LogP) is 5.35. The van der Waals surface area contributed by atoms with Gasteiger partial charge in [0.2, 0.25) is 0 Å². The second-order valence-corrected chi connectivity index (χ2v) is 8.21. The summed E-state index contributed by atoms with van der Waals surface area (Å²) in [5, 5.41) is 0.760. The number of halogens is 4. The summed E-state index contributed by atoms with van der Waals surface area (Å²) in [6.45, 7) is 2.01. The number of alkyl halides is 3. The first-order valence-electron chi connectivity index (χ1n) is 11.2. The van der Waals surface area contributed by atoms with E-state index in [1.165, 1.54) is 24.1 Å². The number of carbonyl (C=O) groups is 1. The van der Waals surface area contributed by atoms with Gasteiger partial charge in [0.25, 0.3) is 0 Å². The van der Waals surface area contributed by atoms with Gasteiger partial charge >= 0.3 is 12.1 Å². The van der Waals surface area contributed by atoms with Crippen molar-refractivity contribution >= 4 is 22.6 Å². The Kier molecular flexibility index (Phi) is 7.11. The Morgan fingerprint density at radius 1 is 1.23 bits per heavy atom. The number of pyridine rings is 1. The van der Waals surface area contributed by atoms with Crippen molar-refractivity contribution in [1.29, 1.82) is 0 Å². The number of fused-ring (bicyclic) bond motifs is 1. The molecule has 0 spiro atoms. The summed E-state index contributed by atoms with van der Waals surface area (Å²) in [6, 6.07) is 6.56. The van der Waals surface area contributed by atoms with E-state index in [0.717, 1.165) is 22.2 Å². The second-order valence-electron chi connectivity index (χ2n) is 8.21. The van der Waals surface area contributed by atoms with Crippen LogP contribution in [-0.2, 0) is 9.53 Å². The van der Waals surface area contributed by atoms with Gasteiger partial charge in [-0.3, -0.25) is 9.69 Å². The van der Waals surface area contributed by atoms with Crippen LogP contribution in [0.15, 0.2) is 42.6 Å². The zero-order valence-corrected chi connectivity index (χ0v) is 19.3. The van der Waals surface area contributed by atoms with Crippen molar-refractivity contribution in [3.63, 3.8) is 0 Å². The quantitative estimate of drug-likeness (QED) is 0.357. The number of H-pyrrole nitrogens is 1. The monoisotopic (exact) mass is 491 g/mol. The van der Waals surface area contributed by atoms with E-state index in [9.17, 15) is 22.4 Å². The molecule has 0 aliphatic carbocycles. The molecule has 6 nitrogen and oxygen atoms in total. The van der Waals surface area contributed by atoms with Crippen molar-refractivity contribution in [2.45, 2.75) is 32.0 Å². The van der Waals surface area contributed by atoms with Gasteiger partial charge in [-0.2, -0.15) is 13.2 Å². The van der Waals surface area contributed by atoms with Crippen LogP contribution in [0.3, 0.4) is 0 Å². The van der Waals surface area contributed by atoms with Gasteiger partial charge in [0.1, 0.15) is 23.3 Å². The molecule has 2 aromatic heterocycles. The number of esters is 1. The van der Waals surface area contributed by atoms with Gasteiger partial charge in [0, 0.05) is 35.9 Å². The zero-order chi connectivity index (χ0) is 25.2. The minimum absolute atomic E-state index is 0.0165. The maximum absolute atomic E-state index is 14.0. The number of hydrogen-bond acceptors (Lipinski definition) is 5.